The van der Waals surface area contributed by atoms with Gasteiger partial charge in [0.05, 0.1) is 18.2 Å². The van der Waals surface area contributed by atoms with Crippen LogP contribution < -0.4 is 11.1 Å². The number of nitrogens with two attached hydrogens (primary N) is 1. The second kappa shape index (κ2) is 6.58. The Kier molecular flexibility index (Phi) is 4.56. The van der Waals surface area contributed by atoms with Crippen molar-refractivity contribution < 1.29 is 9.53 Å². The summed E-state index contributed by atoms with van der Waals surface area (Å²) in [6, 6.07) is 9.87. The van der Waals surface area contributed by atoms with Gasteiger partial charge in [-0.3, -0.25) is 4.79 Å². The molecule has 1 aliphatic heterocycles. The maximum atomic E-state index is 12.2. The first-order chi connectivity index (χ1) is 10.2. The van der Waals surface area contributed by atoms with E-state index in [1.165, 1.54) is 18.4 Å². The highest BCUT2D eigenvalue weighted by Crippen LogP contribution is 2.38. The molecule has 1 aliphatic carbocycles. The molecular weight excluding hydrogens is 264 g/mol. The van der Waals surface area contributed by atoms with Gasteiger partial charge in [0.2, 0.25) is 5.91 Å². The monoisotopic (exact) mass is 288 g/mol. The maximum Gasteiger partial charge on any atom is 0.237 e. The number of benzene rings is 1. The van der Waals surface area contributed by atoms with Crippen LogP contribution >= 0.6 is 0 Å². The third-order valence-electron chi connectivity index (χ3n) is 4.47. The maximum absolute atomic E-state index is 12.2. The Morgan fingerprint density at radius 2 is 2.05 bits per heavy atom. The molecule has 1 aromatic carbocycles. The van der Waals surface area contributed by atoms with Gasteiger partial charge in [0.25, 0.3) is 0 Å². The summed E-state index contributed by atoms with van der Waals surface area (Å²) in [7, 11) is 0. The van der Waals surface area contributed by atoms with Crippen molar-refractivity contribution in [2.45, 2.75) is 50.3 Å². The molecule has 114 valence electrons. The molecule has 0 bridgehead atoms. The highest BCUT2D eigenvalue weighted by Gasteiger charge is 2.41. The highest BCUT2D eigenvalue weighted by atomic mass is 16.5. The predicted octanol–water partition coefficient (Wildman–Crippen LogP) is 1.63. The Balaban J connectivity index is 1.46. The fourth-order valence-electron chi connectivity index (χ4n) is 3.04. The van der Waals surface area contributed by atoms with Gasteiger partial charge in [-0.1, -0.05) is 30.3 Å². The number of amides is 1. The molecule has 1 heterocycles. The first-order valence-corrected chi connectivity index (χ1v) is 7.95. The number of nitrogens with one attached hydrogen (secondary N) is 1. The predicted molar refractivity (Wildman–Crippen MR) is 81.8 cm³/mol. The highest BCUT2D eigenvalue weighted by molar-refractivity contribution is 5.81. The largest absolute Gasteiger partial charge is 0.376 e. The van der Waals surface area contributed by atoms with Crippen LogP contribution in [-0.2, 0) is 16.0 Å². The van der Waals surface area contributed by atoms with Crippen molar-refractivity contribution in [3.05, 3.63) is 35.9 Å². The van der Waals surface area contributed by atoms with Crippen LogP contribution in [0.4, 0.5) is 0 Å². The molecule has 0 radical (unpaired) electrons. The number of carbonyl (C=O) groups excluding carboxylic acids is 1. The van der Waals surface area contributed by atoms with E-state index in [9.17, 15) is 4.79 Å². The van der Waals surface area contributed by atoms with Crippen molar-refractivity contribution in [1.29, 1.82) is 0 Å². The lowest BCUT2D eigenvalue weighted by atomic mass is 10.0. The van der Waals surface area contributed by atoms with Crippen LogP contribution in [0.25, 0.3) is 0 Å². The molecule has 1 aromatic rings. The summed E-state index contributed by atoms with van der Waals surface area (Å²) < 4.78 is 5.74. The molecule has 3 rings (SSSR count). The molecule has 1 saturated heterocycles. The lowest BCUT2D eigenvalue weighted by molar-refractivity contribution is -0.123. The third-order valence-corrected chi connectivity index (χ3v) is 4.47. The van der Waals surface area contributed by atoms with Crippen molar-refractivity contribution in [2.75, 3.05) is 6.61 Å². The Morgan fingerprint density at radius 3 is 2.76 bits per heavy atom. The number of ether oxygens (including phenoxy) is 1. The number of hydrogen-bond acceptors (Lipinski definition) is 3. The Labute approximate surface area is 126 Å². The zero-order valence-corrected chi connectivity index (χ0v) is 12.3. The molecule has 3 unspecified atom stereocenters. The molecule has 0 aromatic heterocycles. The first kappa shape index (κ1) is 14.5. The Hall–Kier alpha value is -1.39. The van der Waals surface area contributed by atoms with E-state index in [4.69, 9.17) is 10.5 Å². The second-order valence-electron chi connectivity index (χ2n) is 6.21. The SMILES string of the molecule is NC(CCc1ccccc1)C(=O)NC1CCOC1C1CC1. The van der Waals surface area contributed by atoms with Gasteiger partial charge in [-0.05, 0) is 43.6 Å². The Morgan fingerprint density at radius 1 is 1.29 bits per heavy atom. The normalized spacial score (nSPS) is 26.5. The van der Waals surface area contributed by atoms with Crippen LogP contribution in [0.15, 0.2) is 30.3 Å². The standard InChI is InChI=1S/C17H24N2O2/c18-14(9-6-12-4-2-1-3-5-12)17(20)19-15-10-11-21-16(15)13-7-8-13/h1-5,13-16H,6-11,18H2,(H,19,20). The van der Waals surface area contributed by atoms with E-state index in [-0.39, 0.29) is 18.1 Å². The quantitative estimate of drug-likeness (QED) is 0.836. The lowest BCUT2D eigenvalue weighted by Crippen LogP contribution is -2.48. The van der Waals surface area contributed by atoms with Crippen LogP contribution in [0, 0.1) is 5.92 Å². The van der Waals surface area contributed by atoms with Gasteiger partial charge in [0.1, 0.15) is 0 Å². The van der Waals surface area contributed by atoms with Gasteiger partial charge >= 0.3 is 0 Å². The third kappa shape index (κ3) is 3.83. The molecule has 3 N–H and O–H groups in total. The van der Waals surface area contributed by atoms with Crippen molar-refractivity contribution in [3.63, 3.8) is 0 Å². The lowest BCUT2D eigenvalue weighted by Gasteiger charge is -2.21. The Bertz CT molecular complexity index is 473. The van der Waals surface area contributed by atoms with Crippen molar-refractivity contribution in [2.24, 2.45) is 11.7 Å². The molecule has 21 heavy (non-hydrogen) atoms. The smallest absolute Gasteiger partial charge is 0.237 e. The van der Waals surface area contributed by atoms with Crippen molar-refractivity contribution in [3.8, 4) is 0 Å². The van der Waals surface area contributed by atoms with Crippen molar-refractivity contribution >= 4 is 5.91 Å². The molecule has 0 spiro atoms. The van der Waals surface area contributed by atoms with E-state index in [2.05, 4.69) is 17.4 Å². The molecule has 1 saturated carbocycles. The summed E-state index contributed by atoms with van der Waals surface area (Å²) in [6.45, 7) is 0.755. The van der Waals surface area contributed by atoms with Crippen LogP contribution in [0.2, 0.25) is 0 Å². The number of hydrogen-bond donors (Lipinski definition) is 2. The van der Waals surface area contributed by atoms with E-state index >= 15 is 0 Å². The number of rotatable bonds is 6. The fourth-order valence-corrected chi connectivity index (χ4v) is 3.04. The minimum atomic E-state index is -0.439. The molecule has 3 atom stereocenters. The van der Waals surface area contributed by atoms with Crippen LogP contribution in [-0.4, -0.2) is 30.7 Å². The van der Waals surface area contributed by atoms with Gasteiger partial charge in [-0.25, -0.2) is 0 Å². The van der Waals surface area contributed by atoms with Crippen LogP contribution in [0.3, 0.4) is 0 Å². The summed E-state index contributed by atoms with van der Waals surface area (Å²) in [5.74, 6) is 0.616. The number of aryl methyl sites for hydroxylation is 1. The zero-order chi connectivity index (χ0) is 14.7. The van der Waals surface area contributed by atoms with E-state index in [1.54, 1.807) is 0 Å². The van der Waals surface area contributed by atoms with E-state index in [1.807, 2.05) is 18.2 Å². The average Bonchev–Trinajstić information content (AvgIpc) is 3.26. The van der Waals surface area contributed by atoms with E-state index in [0.29, 0.717) is 12.3 Å². The summed E-state index contributed by atoms with van der Waals surface area (Å²) >= 11 is 0. The van der Waals surface area contributed by atoms with Gasteiger partial charge < -0.3 is 15.8 Å². The van der Waals surface area contributed by atoms with E-state index in [0.717, 1.165) is 19.4 Å². The first-order valence-electron chi connectivity index (χ1n) is 7.95. The van der Waals surface area contributed by atoms with E-state index < -0.39 is 6.04 Å². The second-order valence-corrected chi connectivity index (χ2v) is 6.21. The average molecular weight is 288 g/mol. The van der Waals surface area contributed by atoms with Crippen LogP contribution in [0.1, 0.15) is 31.2 Å². The zero-order valence-electron chi connectivity index (χ0n) is 12.3. The molecule has 4 nitrogen and oxygen atoms in total. The van der Waals surface area contributed by atoms with Gasteiger partial charge in [-0.15, -0.1) is 0 Å². The van der Waals surface area contributed by atoms with Crippen LogP contribution in [0.5, 0.6) is 0 Å². The van der Waals surface area contributed by atoms with Crippen molar-refractivity contribution in [1.82, 2.24) is 5.32 Å². The minimum Gasteiger partial charge on any atom is -0.376 e. The molecule has 1 amide bonds. The molecular formula is C17H24N2O2. The summed E-state index contributed by atoms with van der Waals surface area (Å²) in [5.41, 5.74) is 7.25. The summed E-state index contributed by atoms with van der Waals surface area (Å²) in [5, 5.41) is 3.10. The summed E-state index contributed by atoms with van der Waals surface area (Å²) in [4.78, 5) is 12.2. The molecule has 4 heteroatoms. The molecule has 2 fully saturated rings. The topological polar surface area (TPSA) is 64.4 Å². The number of carbonyl (C=O) groups is 1. The van der Waals surface area contributed by atoms with Gasteiger partial charge in [0, 0.05) is 6.61 Å². The van der Waals surface area contributed by atoms with Gasteiger partial charge in [0.15, 0.2) is 0 Å². The minimum absolute atomic E-state index is 0.0351. The van der Waals surface area contributed by atoms with Gasteiger partial charge in [-0.2, -0.15) is 0 Å². The summed E-state index contributed by atoms with van der Waals surface area (Å²) in [6.07, 6.45) is 5.11. The fraction of sp³-hybridized carbons (Fsp3) is 0.588. The molecule has 2 aliphatic rings.